The van der Waals surface area contributed by atoms with Gasteiger partial charge in [-0.1, -0.05) is 48.0 Å². The number of para-hydroxylation sites is 1. The Hall–Kier alpha value is -2.86. The summed E-state index contributed by atoms with van der Waals surface area (Å²) in [5.74, 6) is -0.219. The number of hydrogen-bond acceptors (Lipinski definition) is 2. The van der Waals surface area contributed by atoms with Crippen LogP contribution in [0.2, 0.25) is 0 Å². The first kappa shape index (κ1) is 12.2. The van der Waals surface area contributed by atoms with Crippen molar-refractivity contribution in [1.29, 1.82) is 5.26 Å². The molecule has 0 aromatic heterocycles. The zero-order valence-electron chi connectivity index (χ0n) is 11.0. The Bertz CT molecular complexity index is 764. The minimum Gasteiger partial charge on any atom is -0.321 e. The minimum absolute atomic E-state index is 0.219. The second kappa shape index (κ2) is 4.67. The van der Waals surface area contributed by atoms with Gasteiger partial charge in [0.1, 0.15) is 6.07 Å². The molecule has 1 N–H and O–H groups in total. The third kappa shape index (κ3) is 1.88. The number of carbonyl (C=O) groups is 1. The van der Waals surface area contributed by atoms with Crippen LogP contribution >= 0.6 is 0 Å². The molecule has 2 aromatic rings. The van der Waals surface area contributed by atoms with Crippen LogP contribution in [0.3, 0.4) is 0 Å². The Kier molecular flexibility index (Phi) is 2.85. The molecule has 3 heteroatoms. The van der Waals surface area contributed by atoms with E-state index < -0.39 is 0 Å². The van der Waals surface area contributed by atoms with E-state index in [1.807, 2.05) is 55.5 Å². The van der Waals surface area contributed by atoms with Crippen molar-refractivity contribution in [2.45, 2.75) is 6.92 Å². The number of anilines is 1. The van der Waals surface area contributed by atoms with Crippen molar-refractivity contribution in [3.63, 3.8) is 0 Å². The highest BCUT2D eigenvalue weighted by Gasteiger charge is 2.27. The summed E-state index contributed by atoms with van der Waals surface area (Å²) in [5.41, 5.74) is 4.29. The quantitative estimate of drug-likeness (QED) is 0.631. The smallest absolute Gasteiger partial charge is 0.257 e. The van der Waals surface area contributed by atoms with Crippen molar-refractivity contribution in [2.24, 2.45) is 0 Å². The van der Waals surface area contributed by atoms with E-state index >= 15 is 0 Å². The van der Waals surface area contributed by atoms with E-state index in [0.29, 0.717) is 11.1 Å². The fraction of sp³-hybridized carbons (Fsp3) is 0.0588. The maximum absolute atomic E-state index is 12.2. The molecule has 1 aliphatic rings. The first-order chi connectivity index (χ1) is 9.70. The average Bonchev–Trinajstić information content (AvgIpc) is 2.79. The fourth-order valence-electron chi connectivity index (χ4n) is 2.35. The van der Waals surface area contributed by atoms with E-state index in [2.05, 4.69) is 11.4 Å². The van der Waals surface area contributed by atoms with E-state index in [1.165, 1.54) is 0 Å². The number of rotatable bonds is 1. The van der Waals surface area contributed by atoms with Gasteiger partial charge in [0.2, 0.25) is 0 Å². The lowest BCUT2D eigenvalue weighted by Gasteiger charge is -2.04. The van der Waals surface area contributed by atoms with Crippen molar-refractivity contribution in [3.8, 4) is 6.07 Å². The normalized spacial score (nSPS) is 15.3. The van der Waals surface area contributed by atoms with Gasteiger partial charge in [-0.3, -0.25) is 4.79 Å². The molecule has 0 saturated carbocycles. The van der Waals surface area contributed by atoms with Crippen molar-refractivity contribution in [3.05, 3.63) is 65.2 Å². The monoisotopic (exact) mass is 260 g/mol. The molecular formula is C17H12N2O. The Balaban J connectivity index is 2.24. The molecule has 0 unspecified atom stereocenters. The van der Waals surface area contributed by atoms with Gasteiger partial charge in [0.05, 0.1) is 11.1 Å². The highest BCUT2D eigenvalue weighted by Crippen LogP contribution is 2.36. The number of carbonyl (C=O) groups excluding carboxylic acids is 1. The Morgan fingerprint density at radius 3 is 2.50 bits per heavy atom. The Morgan fingerprint density at radius 1 is 1.10 bits per heavy atom. The molecule has 0 aliphatic carbocycles. The summed E-state index contributed by atoms with van der Waals surface area (Å²) < 4.78 is 0. The summed E-state index contributed by atoms with van der Waals surface area (Å²) >= 11 is 0. The van der Waals surface area contributed by atoms with Gasteiger partial charge in [0.25, 0.3) is 5.91 Å². The summed E-state index contributed by atoms with van der Waals surface area (Å²) in [5, 5.41) is 12.3. The maximum Gasteiger partial charge on any atom is 0.257 e. The maximum atomic E-state index is 12.2. The summed E-state index contributed by atoms with van der Waals surface area (Å²) in [6, 6.07) is 17.2. The van der Waals surface area contributed by atoms with Crippen LogP contribution in [-0.4, -0.2) is 5.91 Å². The third-order valence-electron chi connectivity index (χ3n) is 3.37. The second-order valence-corrected chi connectivity index (χ2v) is 4.73. The van der Waals surface area contributed by atoms with Gasteiger partial charge in [-0.15, -0.1) is 0 Å². The number of nitrogens with one attached hydrogen (secondary N) is 1. The van der Waals surface area contributed by atoms with Crippen LogP contribution in [0, 0.1) is 18.3 Å². The number of nitrogens with zero attached hydrogens (tertiary/aromatic N) is 1. The molecule has 1 aliphatic heterocycles. The molecule has 0 saturated heterocycles. The number of allylic oxidation sites excluding steroid dienone is 1. The molecule has 96 valence electrons. The molecule has 0 radical (unpaired) electrons. The highest BCUT2D eigenvalue weighted by molar-refractivity contribution is 6.38. The molecule has 0 spiro atoms. The van der Waals surface area contributed by atoms with Gasteiger partial charge in [-0.25, -0.2) is 0 Å². The number of aryl methyl sites for hydroxylation is 1. The van der Waals surface area contributed by atoms with E-state index in [0.717, 1.165) is 22.4 Å². The van der Waals surface area contributed by atoms with Crippen molar-refractivity contribution < 1.29 is 4.79 Å². The van der Waals surface area contributed by atoms with E-state index in [1.54, 1.807) is 0 Å². The number of amides is 1. The van der Waals surface area contributed by atoms with Crippen LogP contribution in [0.5, 0.6) is 0 Å². The fourth-order valence-corrected chi connectivity index (χ4v) is 2.35. The van der Waals surface area contributed by atoms with E-state index in [4.69, 9.17) is 0 Å². The van der Waals surface area contributed by atoms with Gasteiger partial charge in [-0.2, -0.15) is 5.26 Å². The van der Waals surface area contributed by atoms with E-state index in [-0.39, 0.29) is 5.91 Å². The van der Waals surface area contributed by atoms with Gasteiger partial charge in [0, 0.05) is 11.3 Å². The van der Waals surface area contributed by atoms with Crippen LogP contribution in [0.4, 0.5) is 5.69 Å². The Morgan fingerprint density at radius 2 is 1.80 bits per heavy atom. The summed E-state index contributed by atoms with van der Waals surface area (Å²) in [6.07, 6.45) is 0. The second-order valence-electron chi connectivity index (χ2n) is 4.73. The zero-order chi connectivity index (χ0) is 14.1. The molecule has 0 atom stereocenters. The third-order valence-corrected chi connectivity index (χ3v) is 3.37. The number of fused-ring (bicyclic) bond motifs is 1. The lowest BCUT2D eigenvalue weighted by atomic mass is 9.96. The molecular weight excluding hydrogens is 248 g/mol. The SMILES string of the molecule is Cc1ccc(/C(C#N)=C2/C(=O)Nc3ccccc32)cc1. The predicted octanol–water partition coefficient (Wildman–Crippen LogP) is 3.38. The van der Waals surface area contributed by atoms with Gasteiger partial charge >= 0.3 is 0 Å². The standard InChI is InChI=1S/C17H12N2O/c1-11-6-8-12(9-7-11)14(10-18)16-13-4-2-3-5-15(13)19-17(16)20/h2-9H,1H3,(H,19,20)/b16-14+. The van der Waals surface area contributed by atoms with Crippen LogP contribution < -0.4 is 5.32 Å². The van der Waals surface area contributed by atoms with Crippen molar-refractivity contribution in [1.82, 2.24) is 0 Å². The summed E-state index contributed by atoms with van der Waals surface area (Å²) in [4.78, 5) is 12.2. The van der Waals surface area contributed by atoms with Crippen molar-refractivity contribution in [2.75, 3.05) is 5.32 Å². The minimum atomic E-state index is -0.219. The lowest BCUT2D eigenvalue weighted by molar-refractivity contribution is -0.110. The number of hydrogen-bond donors (Lipinski definition) is 1. The molecule has 0 fully saturated rings. The largest absolute Gasteiger partial charge is 0.321 e. The number of nitriles is 1. The summed E-state index contributed by atoms with van der Waals surface area (Å²) in [6.45, 7) is 1.99. The van der Waals surface area contributed by atoms with E-state index in [9.17, 15) is 10.1 Å². The zero-order valence-corrected chi connectivity index (χ0v) is 11.0. The molecule has 2 aromatic carbocycles. The van der Waals surface area contributed by atoms with Crippen molar-refractivity contribution >= 4 is 22.7 Å². The molecule has 1 amide bonds. The average molecular weight is 260 g/mol. The first-order valence-electron chi connectivity index (χ1n) is 6.33. The molecule has 3 nitrogen and oxygen atoms in total. The van der Waals surface area contributed by atoms with Crippen LogP contribution in [0.15, 0.2) is 48.5 Å². The molecule has 20 heavy (non-hydrogen) atoms. The predicted molar refractivity (Wildman–Crippen MR) is 78.7 cm³/mol. The molecule has 1 heterocycles. The number of benzene rings is 2. The van der Waals surface area contributed by atoms with Crippen LogP contribution in [0.25, 0.3) is 11.1 Å². The lowest BCUT2D eigenvalue weighted by Crippen LogP contribution is -2.05. The van der Waals surface area contributed by atoms with Crippen LogP contribution in [-0.2, 0) is 4.79 Å². The highest BCUT2D eigenvalue weighted by atomic mass is 16.2. The van der Waals surface area contributed by atoms with Crippen LogP contribution in [0.1, 0.15) is 16.7 Å². The summed E-state index contributed by atoms with van der Waals surface area (Å²) in [7, 11) is 0. The molecule has 3 rings (SSSR count). The van der Waals surface area contributed by atoms with Gasteiger partial charge in [-0.05, 0) is 18.6 Å². The molecule has 0 bridgehead atoms. The topological polar surface area (TPSA) is 52.9 Å². The Labute approximate surface area is 117 Å². The first-order valence-corrected chi connectivity index (χ1v) is 6.33. The van der Waals surface area contributed by atoms with Gasteiger partial charge < -0.3 is 5.32 Å². The van der Waals surface area contributed by atoms with Gasteiger partial charge in [0.15, 0.2) is 0 Å².